The van der Waals surface area contributed by atoms with Crippen LogP contribution in [0.1, 0.15) is 62.6 Å². The van der Waals surface area contributed by atoms with E-state index in [-0.39, 0.29) is 0 Å². The molecule has 0 atom stereocenters. The van der Waals surface area contributed by atoms with Gasteiger partial charge in [0.05, 0.1) is 10.7 Å². The van der Waals surface area contributed by atoms with Gasteiger partial charge in [-0.25, -0.2) is 0 Å². The molecule has 0 saturated heterocycles. The van der Waals surface area contributed by atoms with Crippen LogP contribution in [0.15, 0.2) is 12.1 Å². The zero-order valence-corrected chi connectivity index (χ0v) is 18.2. The molecule has 0 saturated carbocycles. The molecule has 27 heavy (non-hydrogen) atoms. The summed E-state index contributed by atoms with van der Waals surface area (Å²) in [5.41, 5.74) is 4.84. The van der Waals surface area contributed by atoms with Crippen molar-refractivity contribution in [2.75, 3.05) is 16.8 Å². The Hall–Kier alpha value is -1.68. The largest absolute Gasteiger partial charge is 0.367 e. The zero-order valence-electron chi connectivity index (χ0n) is 17.4. The third-order valence-electron chi connectivity index (χ3n) is 5.47. The minimum atomic E-state index is 0.513. The summed E-state index contributed by atoms with van der Waals surface area (Å²) in [6, 6.07) is 4.77. The second-order valence-electron chi connectivity index (χ2n) is 7.86. The number of aromatic nitrogens is 2. The lowest BCUT2D eigenvalue weighted by molar-refractivity contribution is 0.578. The first kappa shape index (κ1) is 20.1. The highest BCUT2D eigenvalue weighted by Gasteiger charge is 2.28. The van der Waals surface area contributed by atoms with E-state index >= 15 is 0 Å². The third kappa shape index (κ3) is 4.11. The van der Waals surface area contributed by atoms with Crippen molar-refractivity contribution in [3.8, 4) is 0 Å². The Morgan fingerprint density at radius 1 is 1.19 bits per heavy atom. The minimum Gasteiger partial charge on any atom is -0.367 e. The Labute approximate surface area is 168 Å². The molecule has 1 aromatic carbocycles. The lowest BCUT2D eigenvalue weighted by Gasteiger charge is -2.30. The summed E-state index contributed by atoms with van der Waals surface area (Å²) in [7, 11) is 2.05. The standard InChI is InChI=1S/C22H33ClN4/c1-6-9-17(10-7-2)24-21-18-11-8-12-27(22(18)25-26(21)5)20-16(4)13-15(3)14-19(20)23/h13-14,17,24H,6-12H2,1-5H3. The maximum absolute atomic E-state index is 6.66. The first-order valence-corrected chi connectivity index (χ1v) is 10.7. The van der Waals surface area contributed by atoms with E-state index in [1.54, 1.807) is 0 Å². The molecule has 1 aliphatic heterocycles. The number of aryl methyl sites for hydroxylation is 3. The van der Waals surface area contributed by atoms with Crippen LogP contribution < -0.4 is 10.2 Å². The van der Waals surface area contributed by atoms with Gasteiger partial charge in [-0.2, -0.15) is 5.10 Å². The summed E-state index contributed by atoms with van der Waals surface area (Å²) < 4.78 is 2.03. The van der Waals surface area contributed by atoms with E-state index in [9.17, 15) is 0 Å². The van der Waals surface area contributed by atoms with E-state index < -0.39 is 0 Å². The first-order chi connectivity index (χ1) is 13.0. The molecule has 148 valence electrons. The van der Waals surface area contributed by atoms with Gasteiger partial charge in [-0.1, -0.05) is 44.4 Å². The molecular weight excluding hydrogens is 356 g/mol. The lowest BCUT2D eigenvalue weighted by Crippen LogP contribution is -2.26. The summed E-state index contributed by atoms with van der Waals surface area (Å²) in [6.07, 6.45) is 6.96. The first-order valence-electron chi connectivity index (χ1n) is 10.3. The van der Waals surface area contributed by atoms with Crippen molar-refractivity contribution in [3.63, 3.8) is 0 Å². The number of benzene rings is 1. The number of hydrogen-bond acceptors (Lipinski definition) is 3. The summed E-state index contributed by atoms with van der Waals surface area (Å²) in [5.74, 6) is 2.24. The van der Waals surface area contributed by atoms with E-state index in [2.05, 4.69) is 57.1 Å². The van der Waals surface area contributed by atoms with Crippen LogP contribution in [0.4, 0.5) is 17.3 Å². The normalized spacial score (nSPS) is 14.0. The highest BCUT2D eigenvalue weighted by Crippen LogP contribution is 2.41. The Balaban J connectivity index is 1.98. The Morgan fingerprint density at radius 3 is 2.52 bits per heavy atom. The molecule has 0 bridgehead atoms. The van der Waals surface area contributed by atoms with Crippen LogP contribution in [0.25, 0.3) is 0 Å². The summed E-state index contributed by atoms with van der Waals surface area (Å²) >= 11 is 6.66. The highest BCUT2D eigenvalue weighted by molar-refractivity contribution is 6.33. The van der Waals surface area contributed by atoms with Crippen molar-refractivity contribution in [3.05, 3.63) is 33.8 Å². The van der Waals surface area contributed by atoms with Crippen LogP contribution in [0.5, 0.6) is 0 Å². The number of hydrogen-bond donors (Lipinski definition) is 1. The van der Waals surface area contributed by atoms with E-state index in [0.29, 0.717) is 6.04 Å². The molecule has 0 spiro atoms. The van der Waals surface area contributed by atoms with Crippen LogP contribution in [-0.4, -0.2) is 22.4 Å². The molecule has 2 heterocycles. The van der Waals surface area contributed by atoms with Gasteiger partial charge in [0.15, 0.2) is 5.82 Å². The molecule has 0 amide bonds. The third-order valence-corrected chi connectivity index (χ3v) is 5.76. The highest BCUT2D eigenvalue weighted by atomic mass is 35.5. The minimum absolute atomic E-state index is 0.513. The Kier molecular flexibility index (Phi) is 6.36. The molecule has 1 aromatic heterocycles. The van der Waals surface area contributed by atoms with Gasteiger partial charge in [-0.15, -0.1) is 0 Å². The average molecular weight is 389 g/mol. The van der Waals surface area contributed by atoms with E-state index in [4.69, 9.17) is 16.7 Å². The quantitative estimate of drug-likeness (QED) is 0.616. The van der Waals surface area contributed by atoms with E-state index in [1.807, 2.05) is 4.68 Å². The van der Waals surface area contributed by atoms with Crippen molar-refractivity contribution in [2.24, 2.45) is 7.05 Å². The summed E-state index contributed by atoms with van der Waals surface area (Å²) in [6.45, 7) is 9.71. The summed E-state index contributed by atoms with van der Waals surface area (Å²) in [5, 5.41) is 9.53. The van der Waals surface area contributed by atoms with E-state index in [0.717, 1.165) is 35.9 Å². The SMILES string of the molecule is CCCC(CCC)Nc1c2c(nn1C)N(c1c(C)cc(C)cc1Cl)CCC2. The fourth-order valence-electron chi connectivity index (χ4n) is 4.35. The second kappa shape index (κ2) is 8.55. The van der Waals surface area contributed by atoms with Crippen LogP contribution in [0.3, 0.4) is 0 Å². The van der Waals surface area contributed by atoms with Gasteiger partial charge in [0, 0.05) is 25.2 Å². The molecule has 3 rings (SSSR count). The monoisotopic (exact) mass is 388 g/mol. The molecule has 0 unspecified atom stereocenters. The van der Waals surface area contributed by atoms with Crippen molar-refractivity contribution in [1.82, 2.24) is 9.78 Å². The number of halogens is 1. The fraction of sp³-hybridized carbons (Fsp3) is 0.591. The molecule has 4 nitrogen and oxygen atoms in total. The second-order valence-corrected chi connectivity index (χ2v) is 8.27. The number of nitrogens with zero attached hydrogens (tertiary/aromatic N) is 3. The van der Waals surface area contributed by atoms with Crippen LogP contribution in [-0.2, 0) is 13.5 Å². The van der Waals surface area contributed by atoms with Gasteiger partial charge in [0.2, 0.25) is 0 Å². The molecular formula is C22H33ClN4. The van der Waals surface area contributed by atoms with Crippen molar-refractivity contribution < 1.29 is 0 Å². The maximum Gasteiger partial charge on any atom is 0.160 e. The van der Waals surface area contributed by atoms with Crippen molar-refractivity contribution >= 4 is 28.9 Å². The van der Waals surface area contributed by atoms with Gasteiger partial charge in [0.25, 0.3) is 0 Å². The Morgan fingerprint density at radius 2 is 1.89 bits per heavy atom. The van der Waals surface area contributed by atoms with Crippen LogP contribution >= 0.6 is 11.6 Å². The molecule has 2 aromatic rings. The van der Waals surface area contributed by atoms with Gasteiger partial charge in [0.1, 0.15) is 5.82 Å². The molecule has 0 radical (unpaired) electrons. The molecule has 1 aliphatic rings. The fourth-order valence-corrected chi connectivity index (χ4v) is 4.77. The molecule has 0 fully saturated rings. The average Bonchev–Trinajstić information content (AvgIpc) is 2.91. The maximum atomic E-state index is 6.66. The predicted octanol–water partition coefficient (Wildman–Crippen LogP) is 6.16. The number of anilines is 3. The zero-order chi connectivity index (χ0) is 19.6. The summed E-state index contributed by atoms with van der Waals surface area (Å²) in [4.78, 5) is 2.32. The molecule has 5 heteroatoms. The predicted molar refractivity (Wildman–Crippen MR) is 117 cm³/mol. The Bertz CT molecular complexity index is 767. The van der Waals surface area contributed by atoms with Crippen molar-refractivity contribution in [1.29, 1.82) is 0 Å². The number of fused-ring (bicyclic) bond motifs is 1. The van der Waals surface area contributed by atoms with Crippen LogP contribution in [0, 0.1) is 13.8 Å². The van der Waals surface area contributed by atoms with Gasteiger partial charge in [-0.3, -0.25) is 4.68 Å². The van der Waals surface area contributed by atoms with Gasteiger partial charge in [-0.05, 0) is 56.7 Å². The number of nitrogens with one attached hydrogen (secondary N) is 1. The van der Waals surface area contributed by atoms with Gasteiger partial charge < -0.3 is 10.2 Å². The van der Waals surface area contributed by atoms with Crippen molar-refractivity contribution in [2.45, 2.75) is 72.3 Å². The topological polar surface area (TPSA) is 33.1 Å². The van der Waals surface area contributed by atoms with Gasteiger partial charge >= 0.3 is 0 Å². The smallest absolute Gasteiger partial charge is 0.160 e. The van der Waals surface area contributed by atoms with Crippen LogP contribution in [0.2, 0.25) is 5.02 Å². The molecule has 1 N–H and O–H groups in total. The number of rotatable bonds is 7. The lowest BCUT2D eigenvalue weighted by atomic mass is 10.0. The van der Waals surface area contributed by atoms with E-state index in [1.165, 1.54) is 48.2 Å². The molecule has 0 aliphatic carbocycles.